The Labute approximate surface area is 219 Å². The van der Waals surface area contributed by atoms with E-state index in [1.807, 2.05) is 27.7 Å². The van der Waals surface area contributed by atoms with Gasteiger partial charge in [-0.3, -0.25) is 14.5 Å². The van der Waals surface area contributed by atoms with E-state index >= 15 is 0 Å². The third-order valence-electron chi connectivity index (χ3n) is 6.85. The molecule has 0 spiro atoms. The molecule has 1 aliphatic carbocycles. The number of ether oxygens (including phenoxy) is 1. The standard InChI is InChI=1S/C28H40N2O5S/c1-6-22(26(32)29-14-7-16-35-17-15-29)30(25(31)20-10-8-19(2)9-11-20)23-18-21(12-13-28(3,4)5)36-24(23)27(33)34/h18-20,22H,6-11,14-17H2,1-5H3,(H,33,34)/t19-,20-,22-/m0/s1. The monoisotopic (exact) mass is 516 g/mol. The van der Waals surface area contributed by atoms with Gasteiger partial charge in [0.2, 0.25) is 11.8 Å². The van der Waals surface area contributed by atoms with Crippen molar-refractivity contribution in [2.75, 3.05) is 31.2 Å². The third kappa shape index (κ3) is 7.10. The Balaban J connectivity index is 2.07. The van der Waals surface area contributed by atoms with E-state index in [1.165, 1.54) is 4.90 Å². The number of carboxylic acid groups (broad SMARTS) is 1. The lowest BCUT2D eigenvalue weighted by Gasteiger charge is -2.37. The van der Waals surface area contributed by atoms with Crippen LogP contribution in [-0.4, -0.2) is 60.1 Å². The van der Waals surface area contributed by atoms with Crippen LogP contribution in [0, 0.1) is 29.1 Å². The number of carbonyl (C=O) groups excluding carboxylic acids is 2. The number of nitrogens with zero attached hydrogens (tertiary/aromatic N) is 2. The molecule has 0 bridgehead atoms. The van der Waals surface area contributed by atoms with Crippen molar-refractivity contribution in [3.63, 3.8) is 0 Å². The second-order valence-electron chi connectivity index (χ2n) is 11.0. The first-order chi connectivity index (χ1) is 17.0. The molecule has 2 aliphatic rings. The average molecular weight is 517 g/mol. The van der Waals surface area contributed by atoms with Crippen molar-refractivity contribution < 1.29 is 24.2 Å². The van der Waals surface area contributed by atoms with E-state index < -0.39 is 12.0 Å². The molecule has 1 saturated heterocycles. The summed E-state index contributed by atoms with van der Waals surface area (Å²) in [5.41, 5.74) is 0.0408. The zero-order valence-electron chi connectivity index (χ0n) is 22.3. The third-order valence-corrected chi connectivity index (χ3v) is 7.87. The fourth-order valence-electron chi connectivity index (χ4n) is 4.81. The Morgan fingerprint density at radius 3 is 2.50 bits per heavy atom. The van der Waals surface area contributed by atoms with Crippen molar-refractivity contribution in [1.29, 1.82) is 0 Å². The lowest BCUT2D eigenvalue weighted by molar-refractivity contribution is -0.135. The van der Waals surface area contributed by atoms with E-state index in [4.69, 9.17) is 4.74 Å². The molecule has 1 aromatic rings. The van der Waals surface area contributed by atoms with Gasteiger partial charge in [-0.15, -0.1) is 11.3 Å². The number of thiophene rings is 1. The predicted molar refractivity (Wildman–Crippen MR) is 142 cm³/mol. The molecule has 198 valence electrons. The number of hydrogen-bond acceptors (Lipinski definition) is 5. The molecule has 1 saturated carbocycles. The maximum Gasteiger partial charge on any atom is 0.348 e. The van der Waals surface area contributed by atoms with Crippen LogP contribution < -0.4 is 4.90 Å². The summed E-state index contributed by atoms with van der Waals surface area (Å²) in [5.74, 6) is 5.18. The minimum absolute atomic E-state index is 0.0520. The molecule has 2 fully saturated rings. The van der Waals surface area contributed by atoms with Gasteiger partial charge < -0.3 is 14.7 Å². The quantitative estimate of drug-likeness (QED) is 0.536. The lowest BCUT2D eigenvalue weighted by Crippen LogP contribution is -2.53. The maximum absolute atomic E-state index is 14.1. The first-order valence-corrected chi connectivity index (χ1v) is 13.9. The predicted octanol–water partition coefficient (Wildman–Crippen LogP) is 5.03. The van der Waals surface area contributed by atoms with Gasteiger partial charge in [-0.2, -0.15) is 0 Å². The van der Waals surface area contributed by atoms with Gasteiger partial charge in [0.25, 0.3) is 0 Å². The molecule has 36 heavy (non-hydrogen) atoms. The number of anilines is 1. The Hall–Kier alpha value is -2.37. The average Bonchev–Trinajstić information content (AvgIpc) is 3.06. The molecular formula is C28H40N2O5S. The molecule has 3 rings (SSSR count). The summed E-state index contributed by atoms with van der Waals surface area (Å²) in [7, 11) is 0. The van der Waals surface area contributed by atoms with Gasteiger partial charge in [0.05, 0.1) is 17.2 Å². The van der Waals surface area contributed by atoms with Gasteiger partial charge in [-0.05, 0) is 71.3 Å². The lowest BCUT2D eigenvalue weighted by atomic mass is 9.82. The van der Waals surface area contributed by atoms with Crippen LogP contribution in [0.4, 0.5) is 5.69 Å². The highest BCUT2D eigenvalue weighted by Crippen LogP contribution is 2.37. The normalized spacial score (nSPS) is 21.6. The van der Waals surface area contributed by atoms with Crippen LogP contribution in [0.25, 0.3) is 0 Å². The van der Waals surface area contributed by atoms with Crippen LogP contribution in [-0.2, 0) is 14.3 Å². The van der Waals surface area contributed by atoms with Crippen molar-refractivity contribution in [2.45, 2.75) is 79.2 Å². The molecule has 0 aromatic carbocycles. The zero-order chi connectivity index (χ0) is 26.5. The summed E-state index contributed by atoms with van der Waals surface area (Å²) in [5, 5.41) is 10.1. The molecular weight excluding hydrogens is 476 g/mol. The Morgan fingerprint density at radius 1 is 1.19 bits per heavy atom. The van der Waals surface area contributed by atoms with E-state index in [0.717, 1.165) is 43.4 Å². The number of hydrogen-bond donors (Lipinski definition) is 1. The molecule has 2 heterocycles. The number of aromatic carboxylic acids is 1. The molecule has 1 aromatic heterocycles. The second kappa shape index (κ2) is 12.2. The van der Waals surface area contributed by atoms with Crippen molar-refractivity contribution in [1.82, 2.24) is 4.90 Å². The van der Waals surface area contributed by atoms with Gasteiger partial charge in [0.1, 0.15) is 10.9 Å². The summed E-state index contributed by atoms with van der Waals surface area (Å²) in [6.45, 7) is 12.1. The van der Waals surface area contributed by atoms with Gasteiger partial charge in [0, 0.05) is 31.0 Å². The molecule has 8 heteroatoms. The van der Waals surface area contributed by atoms with Gasteiger partial charge in [-0.1, -0.05) is 25.7 Å². The molecule has 0 unspecified atom stereocenters. The fourth-order valence-corrected chi connectivity index (χ4v) is 5.65. The molecule has 0 radical (unpaired) electrons. The van der Waals surface area contributed by atoms with Crippen molar-refractivity contribution in [3.05, 3.63) is 15.8 Å². The Bertz CT molecular complexity index is 999. The first kappa shape index (κ1) is 28.2. The van der Waals surface area contributed by atoms with E-state index in [2.05, 4.69) is 18.8 Å². The summed E-state index contributed by atoms with van der Waals surface area (Å²) >= 11 is 1.07. The van der Waals surface area contributed by atoms with Gasteiger partial charge >= 0.3 is 5.97 Å². The largest absolute Gasteiger partial charge is 0.477 e. The summed E-state index contributed by atoms with van der Waals surface area (Å²) < 4.78 is 5.53. The van der Waals surface area contributed by atoms with Crippen molar-refractivity contribution in [2.24, 2.45) is 17.3 Å². The maximum atomic E-state index is 14.1. The Kier molecular flexibility index (Phi) is 9.59. The molecule has 2 amide bonds. The van der Waals surface area contributed by atoms with E-state index in [9.17, 15) is 19.5 Å². The van der Waals surface area contributed by atoms with Crippen LogP contribution in [0.2, 0.25) is 0 Å². The van der Waals surface area contributed by atoms with Gasteiger partial charge in [-0.25, -0.2) is 4.79 Å². The molecule has 1 aliphatic heterocycles. The number of carbonyl (C=O) groups is 3. The summed E-state index contributed by atoms with van der Waals surface area (Å²) in [4.78, 5) is 44.1. The van der Waals surface area contributed by atoms with Crippen molar-refractivity contribution in [3.8, 4) is 11.8 Å². The van der Waals surface area contributed by atoms with E-state index in [1.54, 1.807) is 11.0 Å². The van der Waals surface area contributed by atoms with Gasteiger partial charge in [0.15, 0.2) is 0 Å². The van der Waals surface area contributed by atoms with E-state index in [-0.39, 0.29) is 28.0 Å². The minimum atomic E-state index is -1.11. The van der Waals surface area contributed by atoms with Crippen molar-refractivity contribution >= 4 is 34.8 Å². The highest BCUT2D eigenvalue weighted by Gasteiger charge is 2.39. The smallest absolute Gasteiger partial charge is 0.348 e. The van der Waals surface area contributed by atoms with Crippen LogP contribution in [0.5, 0.6) is 0 Å². The second-order valence-corrected chi connectivity index (χ2v) is 12.1. The SMILES string of the molecule is CC[C@@H](C(=O)N1CCCOCC1)N(c1cc(C#CC(C)(C)C)sc1C(=O)O)C(=O)[C@H]1CC[C@H](C)CC1. The minimum Gasteiger partial charge on any atom is -0.477 e. The van der Waals surface area contributed by atoms with E-state index in [0.29, 0.717) is 49.2 Å². The highest BCUT2D eigenvalue weighted by atomic mass is 32.1. The number of amides is 2. The summed E-state index contributed by atoms with van der Waals surface area (Å²) in [6.07, 6.45) is 4.54. The van der Waals surface area contributed by atoms with Crippen LogP contribution in [0.3, 0.4) is 0 Å². The summed E-state index contributed by atoms with van der Waals surface area (Å²) in [6, 6.07) is 0.920. The van der Waals surface area contributed by atoms with Crippen LogP contribution in [0.1, 0.15) is 87.7 Å². The highest BCUT2D eigenvalue weighted by molar-refractivity contribution is 7.15. The molecule has 7 nitrogen and oxygen atoms in total. The van der Waals surface area contributed by atoms with Crippen LogP contribution in [0.15, 0.2) is 6.07 Å². The molecule has 1 N–H and O–H groups in total. The Morgan fingerprint density at radius 2 is 1.89 bits per heavy atom. The number of carboxylic acids is 1. The zero-order valence-corrected chi connectivity index (χ0v) is 23.1. The first-order valence-electron chi connectivity index (χ1n) is 13.1. The van der Waals surface area contributed by atoms with Crippen LogP contribution >= 0.6 is 11.3 Å². The fraction of sp³-hybridized carbons (Fsp3) is 0.679. The molecule has 1 atom stereocenters. The topological polar surface area (TPSA) is 87.2 Å². The number of rotatable bonds is 6.